The molecule has 4 heterocycles. The molecule has 2 fully saturated rings. The van der Waals surface area contributed by atoms with E-state index in [-0.39, 0.29) is 57.6 Å². The van der Waals surface area contributed by atoms with Crippen LogP contribution >= 0.6 is 15.9 Å². The predicted octanol–water partition coefficient (Wildman–Crippen LogP) is 7.82. The Morgan fingerprint density at radius 2 is 0.988 bits per heavy atom. The van der Waals surface area contributed by atoms with Crippen LogP contribution in [0.3, 0.4) is 0 Å². The summed E-state index contributed by atoms with van der Waals surface area (Å²) in [6, 6.07) is 17.6. The van der Waals surface area contributed by atoms with Crippen molar-refractivity contribution >= 4 is 75.0 Å². The number of H-pyrrole nitrogens is 2. The van der Waals surface area contributed by atoms with Crippen molar-refractivity contribution < 1.29 is 74.6 Å². The number of hydrogen-bond acceptors (Lipinski definition) is 12. The number of benzene rings is 4. The fourth-order valence-electron chi connectivity index (χ4n) is 9.08. The molecule has 0 spiro atoms. The summed E-state index contributed by atoms with van der Waals surface area (Å²) in [5.74, 6) is -6.40. The number of carboxylic acid groups (broad SMARTS) is 2. The van der Waals surface area contributed by atoms with E-state index in [1.165, 1.54) is 18.2 Å². The van der Waals surface area contributed by atoms with Crippen molar-refractivity contribution in [3.05, 3.63) is 168 Å². The molecule has 0 aliphatic carbocycles. The van der Waals surface area contributed by atoms with Gasteiger partial charge in [0.2, 0.25) is 11.1 Å². The number of carboxylic acids is 2. The van der Waals surface area contributed by atoms with Gasteiger partial charge in [-0.25, -0.2) is 18.4 Å². The van der Waals surface area contributed by atoms with Gasteiger partial charge in [-0.15, -0.1) is 0 Å². The predicted molar refractivity (Wildman–Crippen MR) is 294 cm³/mol. The summed E-state index contributed by atoms with van der Waals surface area (Å²) in [7, 11) is 2.10. The van der Waals surface area contributed by atoms with E-state index in [1.54, 1.807) is 18.2 Å². The first-order valence-electron chi connectivity index (χ1n) is 24.8. The third-order valence-electron chi connectivity index (χ3n) is 13.9. The number of hydrogen-bond donors (Lipinski definition) is 8. The summed E-state index contributed by atoms with van der Waals surface area (Å²) in [5, 5.41) is 39.9. The van der Waals surface area contributed by atoms with E-state index < -0.39 is 88.2 Å². The highest BCUT2D eigenvalue weighted by atomic mass is 79.9. The Balaban J connectivity index is 0.000000221. The molecule has 4 atom stereocenters. The quantitative estimate of drug-likeness (QED) is 0.0481. The fraction of sp³-hybridized carbons (Fsp3) is 0.296. The van der Waals surface area contributed by atoms with Gasteiger partial charge in [-0.05, 0) is 102 Å². The van der Waals surface area contributed by atoms with E-state index in [0.717, 1.165) is 36.1 Å². The van der Waals surface area contributed by atoms with Crippen LogP contribution in [0.25, 0.3) is 11.1 Å². The third-order valence-corrected chi connectivity index (χ3v) is 14.3. The zero-order valence-electron chi connectivity index (χ0n) is 44.4. The number of halogens is 9. The number of nitrogens with one attached hydrogen (secondary N) is 4. The minimum atomic E-state index is -4.96. The van der Waals surface area contributed by atoms with Crippen LogP contribution in [0.5, 0.6) is 0 Å². The maximum Gasteiger partial charge on any atom is 0.491 e. The molecule has 0 radical (unpaired) electrons. The molecule has 8 rings (SSSR count). The molecule has 436 valence electrons. The van der Waals surface area contributed by atoms with Crippen molar-refractivity contribution in [3.8, 4) is 11.1 Å². The molecule has 18 nitrogen and oxygen atoms in total. The Labute approximate surface area is 471 Å². The summed E-state index contributed by atoms with van der Waals surface area (Å²) in [6.07, 6.45) is -8.29. The molecule has 6 aromatic rings. The van der Waals surface area contributed by atoms with Gasteiger partial charge in [0, 0.05) is 90.4 Å². The van der Waals surface area contributed by atoms with Gasteiger partial charge >= 0.3 is 31.4 Å². The molecule has 2 aliphatic rings. The second-order valence-corrected chi connectivity index (χ2v) is 20.4. The second-order valence-electron chi connectivity index (χ2n) is 19.5. The number of carbonyl (C=O) groups is 4. The minimum Gasteiger partial charge on any atom is -0.478 e. The maximum absolute atomic E-state index is 14.9. The average Bonchev–Trinajstić information content (AvgIpc) is 3.43. The molecular weight excluding hydrogens is 1160 g/mol. The number of anilines is 4. The van der Waals surface area contributed by atoms with Gasteiger partial charge < -0.3 is 50.7 Å². The first kappa shape index (κ1) is 63.3. The number of alkyl halides is 6. The van der Waals surface area contributed by atoms with Gasteiger partial charge in [-0.1, -0.05) is 34.1 Å². The highest BCUT2D eigenvalue weighted by Gasteiger charge is 2.38. The third kappa shape index (κ3) is 15.3. The molecule has 0 bridgehead atoms. The topological polar surface area (TPSA) is 252 Å². The smallest absolute Gasteiger partial charge is 0.478 e. The maximum atomic E-state index is 14.9. The van der Waals surface area contributed by atoms with Crippen LogP contribution < -0.4 is 37.0 Å². The van der Waals surface area contributed by atoms with Crippen LogP contribution in [0, 0.1) is 11.6 Å². The Morgan fingerprint density at radius 1 is 0.585 bits per heavy atom. The number of piperazine rings is 2. The lowest BCUT2D eigenvalue weighted by Crippen LogP contribution is -2.55. The molecule has 4 aromatic carbocycles. The molecular formula is C54H54BBrF8N8O10. The van der Waals surface area contributed by atoms with Crippen molar-refractivity contribution in [2.45, 2.75) is 64.2 Å². The number of pyridine rings is 2. The van der Waals surface area contributed by atoms with Gasteiger partial charge in [0.05, 0.1) is 56.1 Å². The van der Waals surface area contributed by atoms with E-state index in [9.17, 15) is 63.9 Å². The van der Waals surface area contributed by atoms with Gasteiger partial charge in [-0.2, -0.15) is 26.3 Å². The molecule has 2 aliphatic heterocycles. The lowest BCUT2D eigenvalue weighted by atomic mass is 9.79. The number of carbonyl (C=O) groups excluding carboxylic acids is 2. The van der Waals surface area contributed by atoms with E-state index in [0.29, 0.717) is 60.4 Å². The molecule has 0 unspecified atom stereocenters. The molecule has 0 saturated carbocycles. The summed E-state index contributed by atoms with van der Waals surface area (Å²) in [4.78, 5) is 83.1. The first-order valence-corrected chi connectivity index (χ1v) is 25.6. The van der Waals surface area contributed by atoms with Gasteiger partial charge in [0.25, 0.3) is 11.8 Å². The number of amides is 2. The highest BCUT2D eigenvalue weighted by molar-refractivity contribution is 9.10. The molecule has 82 heavy (non-hydrogen) atoms. The lowest BCUT2D eigenvalue weighted by molar-refractivity contribution is -0.138. The zero-order valence-corrected chi connectivity index (χ0v) is 46.0. The number of aromatic amines is 2. The number of rotatable bonds is 10. The first-order chi connectivity index (χ1) is 38.2. The lowest BCUT2D eigenvalue weighted by Gasteiger charge is -2.44. The molecule has 2 aromatic heterocycles. The van der Waals surface area contributed by atoms with Crippen molar-refractivity contribution in [1.29, 1.82) is 0 Å². The van der Waals surface area contributed by atoms with Crippen LogP contribution in [0.4, 0.5) is 57.9 Å². The SMILES string of the molecule is C[C@@H]1CN(c2ccc(-c3ccc(C(=O)O)cc3F)cc2NC(=O)c2c[nH]c(=O)cc2C(F)(F)F)C[C@H](C)N1C.C[C@@H]1CN(c2ccc(Br)cc2NC(=O)c2c[nH]c(=O)cc2C(F)(F)F)C[C@H](C)N1C.O=C(O)c1ccc(B(O)O)c(F)c1. The highest BCUT2D eigenvalue weighted by Crippen LogP contribution is 2.38. The zero-order chi connectivity index (χ0) is 60.9. The molecule has 8 N–H and O–H groups in total. The molecule has 2 saturated heterocycles. The monoisotopic (exact) mass is 1220 g/mol. The normalized spacial score (nSPS) is 17.6. The fourth-order valence-corrected chi connectivity index (χ4v) is 9.45. The van der Waals surface area contributed by atoms with Crippen molar-refractivity contribution in [2.75, 3.05) is 60.7 Å². The van der Waals surface area contributed by atoms with Crippen LogP contribution in [0.2, 0.25) is 0 Å². The van der Waals surface area contributed by atoms with E-state index in [4.69, 9.17) is 20.3 Å². The van der Waals surface area contributed by atoms with Crippen molar-refractivity contribution in [2.24, 2.45) is 0 Å². The number of nitrogens with zero attached hydrogens (tertiary/aromatic N) is 4. The molecule has 28 heteroatoms. The standard InChI is InChI=1S/C27H26F4N4O4.C20H22BrF3N4O2.C7H6BFO4/c1-14-12-35(13-15(2)34(14)3)23-7-5-16(18-6-4-17(26(38)39)8-21(18)28)9-22(23)33-25(37)19-11-32-24(36)10-20(19)27(29,30)31;1-11-9-28(10-12(2)27(11)3)17-5-4-13(21)6-16(17)26-19(30)14-8-25-18(29)7-15(14)20(22,23)24;9-6-3-4(7(10)11)1-2-5(6)8(12)13/h4-11,14-15H,12-13H2,1-3H3,(H,32,36)(H,33,37)(H,38,39);4-8,11-12H,9-10H2,1-3H3,(H,25,29)(H,26,30);1-3,12-13H,(H,10,11)/t14-,15+;11-,12+;. The Hall–Kier alpha value is -7.92. The van der Waals surface area contributed by atoms with Crippen LogP contribution in [0.1, 0.15) is 80.3 Å². The number of aromatic nitrogens is 2. The van der Waals surface area contributed by atoms with Crippen LogP contribution in [-0.4, -0.2) is 135 Å². The van der Waals surface area contributed by atoms with Crippen LogP contribution in [-0.2, 0) is 12.4 Å². The van der Waals surface area contributed by atoms with Crippen molar-refractivity contribution in [3.63, 3.8) is 0 Å². The summed E-state index contributed by atoms with van der Waals surface area (Å²) in [5.41, 5.74) is -4.80. The van der Waals surface area contributed by atoms with Gasteiger partial charge in [-0.3, -0.25) is 29.0 Å². The second kappa shape index (κ2) is 25.9. The van der Waals surface area contributed by atoms with Gasteiger partial charge in [0.1, 0.15) is 11.6 Å². The van der Waals surface area contributed by atoms with Gasteiger partial charge in [0.15, 0.2) is 0 Å². The Bertz CT molecular complexity index is 3470. The Morgan fingerprint density at radius 3 is 1.38 bits per heavy atom. The largest absolute Gasteiger partial charge is 0.491 e. The van der Waals surface area contributed by atoms with Crippen LogP contribution in [0.15, 0.2) is 111 Å². The average molecular weight is 1220 g/mol. The Kier molecular flexibility index (Phi) is 20.0. The molecule has 2 amide bonds. The number of likely N-dealkylation sites (N-methyl/N-ethyl adjacent to an activating group) is 2. The number of aromatic carboxylic acids is 2. The van der Waals surface area contributed by atoms with E-state index in [1.807, 2.05) is 45.0 Å². The minimum absolute atomic E-state index is 0.0437. The summed E-state index contributed by atoms with van der Waals surface area (Å²) in [6.45, 7) is 10.7. The summed E-state index contributed by atoms with van der Waals surface area (Å²) >= 11 is 3.35. The van der Waals surface area contributed by atoms with E-state index in [2.05, 4.69) is 65.1 Å². The summed E-state index contributed by atoms with van der Waals surface area (Å²) < 4.78 is 109. The van der Waals surface area contributed by atoms with E-state index >= 15 is 0 Å². The van der Waals surface area contributed by atoms with Crippen molar-refractivity contribution in [1.82, 2.24) is 19.8 Å².